The van der Waals surface area contributed by atoms with E-state index < -0.39 is 0 Å². The summed E-state index contributed by atoms with van der Waals surface area (Å²) in [7, 11) is 5.71. The highest BCUT2D eigenvalue weighted by Crippen LogP contribution is 2.25. The van der Waals surface area contributed by atoms with Crippen molar-refractivity contribution in [1.82, 2.24) is 9.80 Å². The van der Waals surface area contributed by atoms with Gasteiger partial charge in [-0.05, 0) is 51.7 Å². The largest absolute Gasteiger partial charge is 0.495 e. The van der Waals surface area contributed by atoms with Crippen LogP contribution in [0.4, 0.5) is 0 Å². The summed E-state index contributed by atoms with van der Waals surface area (Å²) in [6.07, 6.45) is 2.46. The Kier molecular flexibility index (Phi) is 5.62. The van der Waals surface area contributed by atoms with Gasteiger partial charge in [0.1, 0.15) is 5.75 Å². The molecule has 2 rings (SSSR count). The lowest BCUT2D eigenvalue weighted by atomic mass is 10.1. The Morgan fingerprint density at radius 1 is 1.52 bits per heavy atom. The summed E-state index contributed by atoms with van der Waals surface area (Å²) in [6.45, 7) is 2.49. The highest BCUT2D eigenvalue weighted by molar-refractivity contribution is 6.32. The zero-order valence-corrected chi connectivity index (χ0v) is 13.7. The highest BCUT2D eigenvalue weighted by Gasteiger charge is 2.23. The molecule has 116 valence electrons. The van der Waals surface area contributed by atoms with Crippen molar-refractivity contribution in [2.45, 2.75) is 18.9 Å². The lowest BCUT2D eigenvalue weighted by Gasteiger charge is -2.25. The predicted octanol–water partition coefficient (Wildman–Crippen LogP) is 2.56. The molecule has 1 aliphatic rings. The van der Waals surface area contributed by atoms with Gasteiger partial charge in [0, 0.05) is 18.2 Å². The van der Waals surface area contributed by atoms with Crippen molar-refractivity contribution in [3.63, 3.8) is 0 Å². The van der Waals surface area contributed by atoms with E-state index in [0.717, 1.165) is 13.1 Å². The normalized spacial score (nSPS) is 19.2. The van der Waals surface area contributed by atoms with Crippen molar-refractivity contribution < 1.29 is 9.53 Å². The van der Waals surface area contributed by atoms with E-state index in [2.05, 4.69) is 16.8 Å². The molecule has 1 fully saturated rings. The fraction of sp³-hybridized carbons (Fsp3) is 0.562. The number of hydrogen-bond donors (Lipinski definition) is 0. The quantitative estimate of drug-likeness (QED) is 0.756. The number of carbonyl (C=O) groups excluding carboxylic acids is 1. The van der Waals surface area contributed by atoms with Gasteiger partial charge in [-0.1, -0.05) is 11.6 Å². The molecule has 1 unspecified atom stereocenters. The predicted molar refractivity (Wildman–Crippen MR) is 85.5 cm³/mol. The molecule has 0 spiro atoms. The molecule has 1 atom stereocenters. The van der Waals surface area contributed by atoms with E-state index in [1.807, 2.05) is 7.05 Å². The van der Waals surface area contributed by atoms with Gasteiger partial charge in [0.05, 0.1) is 18.7 Å². The summed E-state index contributed by atoms with van der Waals surface area (Å²) < 4.78 is 5.10. The summed E-state index contributed by atoms with van der Waals surface area (Å²) in [4.78, 5) is 16.8. The fourth-order valence-electron chi connectivity index (χ4n) is 2.81. The first-order valence-electron chi connectivity index (χ1n) is 7.26. The molecule has 0 bridgehead atoms. The molecule has 0 saturated carbocycles. The third kappa shape index (κ3) is 4.19. The van der Waals surface area contributed by atoms with Crippen molar-refractivity contribution in [3.8, 4) is 5.75 Å². The molecular formula is C16H23ClN2O2. The summed E-state index contributed by atoms with van der Waals surface area (Å²) in [5.41, 5.74) is 0.632. The minimum Gasteiger partial charge on any atom is -0.495 e. The van der Waals surface area contributed by atoms with Crippen molar-refractivity contribution in [1.29, 1.82) is 0 Å². The van der Waals surface area contributed by atoms with Gasteiger partial charge in [0.25, 0.3) is 0 Å². The van der Waals surface area contributed by atoms with E-state index in [-0.39, 0.29) is 5.78 Å². The highest BCUT2D eigenvalue weighted by atomic mass is 35.5. The van der Waals surface area contributed by atoms with E-state index in [1.54, 1.807) is 25.3 Å². The lowest BCUT2D eigenvalue weighted by Crippen LogP contribution is -2.38. The molecule has 0 radical (unpaired) electrons. The van der Waals surface area contributed by atoms with Crippen LogP contribution in [0.3, 0.4) is 0 Å². The number of likely N-dealkylation sites (tertiary alicyclic amines) is 1. The molecule has 1 heterocycles. The monoisotopic (exact) mass is 310 g/mol. The molecule has 0 aromatic heterocycles. The van der Waals surface area contributed by atoms with Gasteiger partial charge < -0.3 is 9.64 Å². The Balaban J connectivity index is 1.92. The Hall–Kier alpha value is -1.10. The number of methoxy groups -OCH3 is 1. The Labute approximate surface area is 131 Å². The maximum atomic E-state index is 12.3. The average Bonchev–Trinajstić information content (AvgIpc) is 2.84. The van der Waals surface area contributed by atoms with Crippen LogP contribution in [0.5, 0.6) is 5.75 Å². The van der Waals surface area contributed by atoms with Crippen molar-refractivity contribution in [2.24, 2.45) is 0 Å². The van der Waals surface area contributed by atoms with E-state index in [0.29, 0.717) is 28.9 Å². The second kappa shape index (κ2) is 7.25. The van der Waals surface area contributed by atoms with Crippen molar-refractivity contribution >= 4 is 17.4 Å². The van der Waals surface area contributed by atoms with E-state index in [4.69, 9.17) is 16.3 Å². The van der Waals surface area contributed by atoms with Crippen LogP contribution in [-0.2, 0) is 0 Å². The van der Waals surface area contributed by atoms with Gasteiger partial charge in [-0.2, -0.15) is 0 Å². The molecular weight excluding hydrogens is 288 g/mol. The van der Waals surface area contributed by atoms with E-state index >= 15 is 0 Å². The minimum absolute atomic E-state index is 0.0858. The number of ketones is 1. The molecule has 0 N–H and O–H groups in total. The van der Waals surface area contributed by atoms with Crippen molar-refractivity contribution in [2.75, 3.05) is 40.8 Å². The number of likely N-dealkylation sites (N-methyl/N-ethyl adjacent to an activating group) is 2. The van der Waals surface area contributed by atoms with Crippen LogP contribution in [0.1, 0.15) is 23.2 Å². The third-order valence-corrected chi connectivity index (χ3v) is 4.38. The zero-order valence-electron chi connectivity index (χ0n) is 12.9. The summed E-state index contributed by atoms with van der Waals surface area (Å²) >= 11 is 6.07. The van der Waals surface area contributed by atoms with Crippen LogP contribution in [-0.4, -0.2) is 62.5 Å². The molecule has 5 heteroatoms. The lowest BCUT2D eigenvalue weighted by molar-refractivity contribution is 0.0932. The Bertz CT molecular complexity index is 507. The van der Waals surface area contributed by atoms with Crippen LogP contribution in [0, 0.1) is 0 Å². The van der Waals surface area contributed by atoms with Crippen LogP contribution < -0.4 is 4.74 Å². The first-order chi connectivity index (χ1) is 10.0. The van der Waals surface area contributed by atoms with E-state index in [1.165, 1.54) is 12.8 Å². The Morgan fingerprint density at radius 3 is 2.86 bits per heavy atom. The van der Waals surface area contributed by atoms with Crippen LogP contribution in [0.25, 0.3) is 0 Å². The number of hydrogen-bond acceptors (Lipinski definition) is 4. The number of carbonyl (C=O) groups is 1. The standard InChI is InChI=1S/C16H23ClN2O2/c1-18(10-13-5-4-8-19(13)2)11-15(20)12-6-7-16(21-3)14(17)9-12/h6-7,9,13H,4-5,8,10-11H2,1-3H3. The number of Topliss-reactive ketones (excluding diaryl/α,β-unsaturated/α-hetero) is 1. The molecule has 1 saturated heterocycles. The van der Waals surface area contributed by atoms with Crippen molar-refractivity contribution in [3.05, 3.63) is 28.8 Å². The number of halogens is 1. The number of benzene rings is 1. The first-order valence-corrected chi connectivity index (χ1v) is 7.64. The summed E-state index contributed by atoms with van der Waals surface area (Å²) in [5.74, 6) is 0.678. The van der Waals surface area contributed by atoms with Gasteiger partial charge in [-0.3, -0.25) is 9.69 Å². The maximum Gasteiger partial charge on any atom is 0.176 e. The average molecular weight is 311 g/mol. The minimum atomic E-state index is 0.0858. The second-order valence-electron chi connectivity index (χ2n) is 5.75. The van der Waals surface area contributed by atoms with Crippen LogP contribution in [0.15, 0.2) is 18.2 Å². The summed E-state index contributed by atoms with van der Waals surface area (Å²) in [5, 5.41) is 0.474. The van der Waals surface area contributed by atoms with Gasteiger partial charge in [-0.25, -0.2) is 0 Å². The van der Waals surface area contributed by atoms with Gasteiger partial charge in [0.15, 0.2) is 5.78 Å². The molecule has 1 aromatic rings. The first kappa shape index (κ1) is 16.3. The maximum absolute atomic E-state index is 12.3. The van der Waals surface area contributed by atoms with Crippen LogP contribution in [0.2, 0.25) is 5.02 Å². The summed E-state index contributed by atoms with van der Waals surface area (Å²) in [6, 6.07) is 5.74. The van der Waals surface area contributed by atoms with Gasteiger partial charge in [0.2, 0.25) is 0 Å². The molecule has 4 nitrogen and oxygen atoms in total. The second-order valence-corrected chi connectivity index (χ2v) is 6.15. The molecule has 1 aromatic carbocycles. The molecule has 1 aliphatic heterocycles. The topological polar surface area (TPSA) is 32.8 Å². The van der Waals surface area contributed by atoms with Gasteiger partial charge in [-0.15, -0.1) is 0 Å². The van der Waals surface area contributed by atoms with Crippen LogP contribution >= 0.6 is 11.6 Å². The fourth-order valence-corrected chi connectivity index (χ4v) is 3.07. The molecule has 21 heavy (non-hydrogen) atoms. The van der Waals surface area contributed by atoms with E-state index in [9.17, 15) is 4.79 Å². The molecule has 0 aliphatic carbocycles. The molecule has 0 amide bonds. The SMILES string of the molecule is COc1ccc(C(=O)CN(C)CC2CCCN2C)cc1Cl. The zero-order chi connectivity index (χ0) is 15.4. The smallest absolute Gasteiger partial charge is 0.176 e. The third-order valence-electron chi connectivity index (χ3n) is 4.08. The number of nitrogens with zero attached hydrogens (tertiary/aromatic N) is 2. The number of rotatable bonds is 6. The number of ether oxygens (including phenoxy) is 1. The van der Waals surface area contributed by atoms with Gasteiger partial charge >= 0.3 is 0 Å². The Morgan fingerprint density at radius 2 is 2.29 bits per heavy atom.